The molecule has 0 aliphatic heterocycles. The maximum absolute atomic E-state index is 5.29. The highest BCUT2D eigenvalue weighted by atomic mass is 32.1. The van der Waals surface area contributed by atoms with E-state index in [1.165, 1.54) is 5.39 Å². The first-order valence-corrected chi connectivity index (χ1v) is 9.51. The molecular formula is C24H23NOS. The first kappa shape index (κ1) is 19.0. The Kier molecular flexibility index (Phi) is 6.50. The normalized spacial score (nSPS) is 17.0. The first-order chi connectivity index (χ1) is 13.2. The van der Waals surface area contributed by atoms with Crippen LogP contribution in [0.3, 0.4) is 0 Å². The SMILES string of the molecule is C=CC(/C=C/c1ccc2cc(OC)ccc2c1)=C1/C=CC=CC1=NCCS. The molecule has 3 rings (SSSR count). The largest absolute Gasteiger partial charge is 0.497 e. The second-order valence-corrected chi connectivity index (χ2v) is 6.54. The number of hydrogen-bond donors (Lipinski definition) is 1. The molecule has 1 aliphatic carbocycles. The molecule has 1 aliphatic rings. The molecule has 0 bridgehead atoms. The van der Waals surface area contributed by atoms with E-state index in [4.69, 9.17) is 4.74 Å². The maximum atomic E-state index is 5.29. The number of aliphatic imine (C=N–C) groups is 1. The van der Waals surface area contributed by atoms with Crippen LogP contribution in [0.15, 0.2) is 95.6 Å². The topological polar surface area (TPSA) is 21.6 Å². The van der Waals surface area contributed by atoms with Crippen molar-refractivity contribution in [1.82, 2.24) is 0 Å². The number of thiol groups is 1. The van der Waals surface area contributed by atoms with E-state index >= 15 is 0 Å². The highest BCUT2D eigenvalue weighted by Gasteiger charge is 2.07. The number of allylic oxidation sites excluding steroid dienone is 8. The minimum Gasteiger partial charge on any atom is -0.497 e. The van der Waals surface area contributed by atoms with Gasteiger partial charge in [-0.1, -0.05) is 61.2 Å². The Bertz CT molecular complexity index is 993. The molecule has 0 fully saturated rings. The summed E-state index contributed by atoms with van der Waals surface area (Å²) < 4.78 is 5.29. The second-order valence-electron chi connectivity index (χ2n) is 6.09. The number of methoxy groups -OCH3 is 1. The lowest BCUT2D eigenvalue weighted by molar-refractivity contribution is 0.415. The molecule has 2 aromatic carbocycles. The van der Waals surface area contributed by atoms with Crippen LogP contribution in [-0.4, -0.2) is 25.1 Å². The smallest absolute Gasteiger partial charge is 0.119 e. The minimum atomic E-state index is 0.697. The summed E-state index contributed by atoms with van der Waals surface area (Å²) in [6, 6.07) is 12.5. The lowest BCUT2D eigenvalue weighted by Crippen LogP contribution is -2.04. The number of fused-ring (bicyclic) bond motifs is 1. The summed E-state index contributed by atoms with van der Waals surface area (Å²) in [6.07, 6.45) is 14.2. The number of benzene rings is 2. The van der Waals surface area contributed by atoms with Crippen molar-refractivity contribution in [2.24, 2.45) is 4.99 Å². The van der Waals surface area contributed by atoms with Gasteiger partial charge < -0.3 is 4.74 Å². The molecule has 2 aromatic rings. The van der Waals surface area contributed by atoms with Gasteiger partial charge in [0, 0.05) is 17.9 Å². The van der Waals surface area contributed by atoms with Crippen molar-refractivity contribution in [1.29, 1.82) is 0 Å². The van der Waals surface area contributed by atoms with Gasteiger partial charge in [-0.3, -0.25) is 4.99 Å². The van der Waals surface area contributed by atoms with Gasteiger partial charge in [-0.05, 0) is 46.2 Å². The van der Waals surface area contributed by atoms with Crippen molar-refractivity contribution in [3.8, 4) is 5.75 Å². The van der Waals surface area contributed by atoms with E-state index in [0.717, 1.165) is 39.3 Å². The average molecular weight is 374 g/mol. The van der Waals surface area contributed by atoms with Gasteiger partial charge in [0.25, 0.3) is 0 Å². The van der Waals surface area contributed by atoms with Crippen LogP contribution in [-0.2, 0) is 0 Å². The lowest BCUT2D eigenvalue weighted by Gasteiger charge is -2.10. The zero-order valence-electron chi connectivity index (χ0n) is 15.4. The van der Waals surface area contributed by atoms with Crippen LogP contribution in [0.2, 0.25) is 0 Å². The summed E-state index contributed by atoms with van der Waals surface area (Å²) in [5.41, 5.74) is 4.23. The summed E-state index contributed by atoms with van der Waals surface area (Å²) in [5.74, 6) is 1.60. The van der Waals surface area contributed by atoms with Gasteiger partial charge in [0.2, 0.25) is 0 Å². The molecule has 0 saturated carbocycles. The fraction of sp³-hybridized carbons (Fsp3) is 0.125. The summed E-state index contributed by atoms with van der Waals surface area (Å²) in [4.78, 5) is 4.62. The van der Waals surface area contributed by atoms with Gasteiger partial charge in [0.1, 0.15) is 5.75 Å². The highest BCUT2D eigenvalue weighted by molar-refractivity contribution is 7.80. The van der Waals surface area contributed by atoms with Gasteiger partial charge in [0.05, 0.1) is 12.8 Å². The number of ether oxygens (including phenoxy) is 1. The monoisotopic (exact) mass is 373 g/mol. The molecule has 0 aromatic heterocycles. The molecule has 2 nitrogen and oxygen atoms in total. The Hall–Kier alpha value is -2.78. The van der Waals surface area contributed by atoms with Gasteiger partial charge in [-0.2, -0.15) is 12.6 Å². The standard InChI is InChI=1S/C24H23NOS/c1-3-19(23-6-4-5-7-24(23)25-14-15-27)10-8-18-9-11-21-17-22(26-2)13-12-20(21)16-18/h3-13,16-17,27H,1,14-15H2,2H3/b10-8+,23-19+,25-24?. The van der Waals surface area contributed by atoms with E-state index in [9.17, 15) is 0 Å². The van der Waals surface area contributed by atoms with E-state index in [0.29, 0.717) is 6.54 Å². The molecule has 0 N–H and O–H groups in total. The number of hydrogen-bond acceptors (Lipinski definition) is 3. The Morgan fingerprint density at radius 2 is 1.89 bits per heavy atom. The fourth-order valence-corrected chi connectivity index (χ4v) is 3.05. The minimum absolute atomic E-state index is 0.697. The number of rotatable bonds is 6. The van der Waals surface area contributed by atoms with Crippen molar-refractivity contribution < 1.29 is 4.74 Å². The van der Waals surface area contributed by atoms with E-state index < -0.39 is 0 Å². The van der Waals surface area contributed by atoms with Crippen LogP contribution < -0.4 is 4.74 Å². The van der Waals surface area contributed by atoms with E-state index in [1.807, 2.05) is 36.4 Å². The molecule has 0 amide bonds. The second kappa shape index (κ2) is 9.24. The molecule has 0 atom stereocenters. The van der Waals surface area contributed by atoms with Crippen LogP contribution in [0.1, 0.15) is 5.56 Å². The molecule has 3 heteroatoms. The van der Waals surface area contributed by atoms with Crippen LogP contribution in [0, 0.1) is 0 Å². The highest BCUT2D eigenvalue weighted by Crippen LogP contribution is 2.23. The summed E-state index contributed by atoms with van der Waals surface area (Å²) in [5, 5.41) is 2.35. The summed E-state index contributed by atoms with van der Waals surface area (Å²) >= 11 is 4.25. The lowest BCUT2D eigenvalue weighted by atomic mass is 9.97. The molecule has 0 saturated heterocycles. The van der Waals surface area contributed by atoms with Crippen molar-refractivity contribution in [2.45, 2.75) is 0 Å². The Balaban J connectivity index is 1.92. The van der Waals surface area contributed by atoms with Gasteiger partial charge >= 0.3 is 0 Å². The van der Waals surface area contributed by atoms with Crippen LogP contribution in [0.5, 0.6) is 5.75 Å². The molecular weight excluding hydrogens is 350 g/mol. The zero-order chi connectivity index (χ0) is 19.1. The van der Waals surface area contributed by atoms with Gasteiger partial charge in [-0.15, -0.1) is 0 Å². The predicted octanol–water partition coefficient (Wildman–Crippen LogP) is 5.84. The predicted molar refractivity (Wildman–Crippen MR) is 121 cm³/mol. The number of nitrogens with zero attached hydrogens (tertiary/aromatic N) is 1. The van der Waals surface area contributed by atoms with Crippen LogP contribution >= 0.6 is 12.6 Å². The molecule has 0 spiro atoms. The molecule has 0 unspecified atom stereocenters. The van der Waals surface area contributed by atoms with Crippen molar-refractivity contribution in [2.75, 3.05) is 19.4 Å². The maximum Gasteiger partial charge on any atom is 0.119 e. The van der Waals surface area contributed by atoms with E-state index in [-0.39, 0.29) is 0 Å². The van der Waals surface area contributed by atoms with Crippen molar-refractivity contribution >= 4 is 35.2 Å². The van der Waals surface area contributed by atoms with Crippen LogP contribution in [0.4, 0.5) is 0 Å². The Morgan fingerprint density at radius 3 is 2.67 bits per heavy atom. The summed E-state index contributed by atoms with van der Waals surface area (Å²) in [6.45, 7) is 4.68. The Labute approximate surface area is 166 Å². The molecule has 136 valence electrons. The van der Waals surface area contributed by atoms with Crippen molar-refractivity contribution in [3.63, 3.8) is 0 Å². The third kappa shape index (κ3) is 4.69. The zero-order valence-corrected chi connectivity index (χ0v) is 16.3. The fourth-order valence-electron chi connectivity index (χ4n) is 2.95. The van der Waals surface area contributed by atoms with E-state index in [1.54, 1.807) is 7.11 Å². The average Bonchev–Trinajstić information content (AvgIpc) is 2.72. The van der Waals surface area contributed by atoms with Gasteiger partial charge in [-0.25, -0.2) is 0 Å². The van der Waals surface area contributed by atoms with Gasteiger partial charge in [0.15, 0.2) is 0 Å². The van der Waals surface area contributed by atoms with Crippen molar-refractivity contribution in [3.05, 3.63) is 96.1 Å². The third-order valence-corrected chi connectivity index (χ3v) is 4.54. The quantitative estimate of drug-likeness (QED) is 0.631. The van der Waals surface area contributed by atoms with E-state index in [2.05, 4.69) is 66.7 Å². The first-order valence-electron chi connectivity index (χ1n) is 8.88. The third-order valence-electron chi connectivity index (χ3n) is 4.34. The molecule has 0 heterocycles. The Morgan fingerprint density at radius 1 is 1.11 bits per heavy atom. The summed E-state index contributed by atoms with van der Waals surface area (Å²) in [7, 11) is 1.69. The molecule has 27 heavy (non-hydrogen) atoms. The molecule has 0 radical (unpaired) electrons. The van der Waals surface area contributed by atoms with Crippen LogP contribution in [0.25, 0.3) is 16.8 Å².